The zero-order chi connectivity index (χ0) is 21.0. The van der Waals surface area contributed by atoms with Gasteiger partial charge in [0.25, 0.3) is 5.91 Å². The molecule has 0 bridgehead atoms. The number of rotatable bonds is 5. The van der Waals surface area contributed by atoms with E-state index >= 15 is 0 Å². The van der Waals surface area contributed by atoms with Crippen molar-refractivity contribution in [2.45, 2.75) is 6.92 Å². The predicted octanol–water partition coefficient (Wildman–Crippen LogP) is 6.08. The maximum Gasteiger partial charge on any atom is 0.270 e. The fourth-order valence-electron chi connectivity index (χ4n) is 2.74. The molecule has 0 aliphatic carbocycles. The molecule has 148 valence electrons. The van der Waals surface area contributed by atoms with Gasteiger partial charge in [-0.2, -0.15) is 0 Å². The SMILES string of the molecule is Cc1ccccc1-c1cc(Oc2c(Br)cc(NC(=O)/C=N/O)cc2Br)ccc1O. The van der Waals surface area contributed by atoms with Crippen molar-refractivity contribution in [2.24, 2.45) is 5.16 Å². The topological polar surface area (TPSA) is 91.2 Å². The molecule has 3 N–H and O–H groups in total. The van der Waals surface area contributed by atoms with Gasteiger partial charge in [0.1, 0.15) is 17.7 Å². The van der Waals surface area contributed by atoms with Crippen molar-refractivity contribution in [1.29, 1.82) is 0 Å². The molecule has 0 heterocycles. The lowest BCUT2D eigenvalue weighted by Gasteiger charge is -2.14. The summed E-state index contributed by atoms with van der Waals surface area (Å²) in [5.74, 6) is 0.627. The van der Waals surface area contributed by atoms with E-state index in [-0.39, 0.29) is 5.75 Å². The summed E-state index contributed by atoms with van der Waals surface area (Å²) in [6.07, 6.45) is 0.760. The van der Waals surface area contributed by atoms with E-state index in [1.807, 2.05) is 31.2 Å². The molecule has 0 saturated carbocycles. The third kappa shape index (κ3) is 4.96. The van der Waals surface area contributed by atoms with Crippen molar-refractivity contribution in [1.82, 2.24) is 0 Å². The Bertz CT molecular complexity index is 1080. The predicted molar refractivity (Wildman–Crippen MR) is 119 cm³/mol. The van der Waals surface area contributed by atoms with Gasteiger partial charge in [-0.3, -0.25) is 4.79 Å². The van der Waals surface area contributed by atoms with Gasteiger partial charge >= 0.3 is 0 Å². The van der Waals surface area contributed by atoms with Gasteiger partial charge in [-0.05, 0) is 80.2 Å². The lowest BCUT2D eigenvalue weighted by Crippen LogP contribution is -2.12. The molecule has 0 aromatic heterocycles. The molecule has 0 fully saturated rings. The maximum absolute atomic E-state index is 11.5. The first-order chi connectivity index (χ1) is 13.9. The van der Waals surface area contributed by atoms with Crippen LogP contribution in [0.15, 0.2) is 68.7 Å². The molecule has 3 rings (SSSR count). The van der Waals surface area contributed by atoms with Gasteiger partial charge in [0, 0.05) is 11.3 Å². The molecule has 0 aliphatic heterocycles. The number of phenolic OH excluding ortho intramolecular Hbond substituents is 1. The number of nitrogens with one attached hydrogen (secondary N) is 1. The molecular weight excluding hydrogens is 504 g/mol. The quantitative estimate of drug-likeness (QED) is 0.216. The molecule has 1 amide bonds. The first-order valence-corrected chi connectivity index (χ1v) is 10.0. The van der Waals surface area contributed by atoms with Crippen molar-refractivity contribution in [2.75, 3.05) is 5.32 Å². The number of hydrogen-bond donors (Lipinski definition) is 3. The van der Waals surface area contributed by atoms with Gasteiger partial charge in [0.2, 0.25) is 0 Å². The maximum atomic E-state index is 11.5. The number of anilines is 1. The van der Waals surface area contributed by atoms with Crippen LogP contribution in [-0.2, 0) is 4.79 Å². The molecule has 8 heteroatoms. The van der Waals surface area contributed by atoms with Crippen LogP contribution in [0, 0.1) is 6.92 Å². The van der Waals surface area contributed by atoms with Crippen LogP contribution in [-0.4, -0.2) is 22.4 Å². The van der Waals surface area contributed by atoms with Gasteiger partial charge in [0.15, 0.2) is 5.75 Å². The van der Waals surface area contributed by atoms with Gasteiger partial charge < -0.3 is 20.4 Å². The number of hydrogen-bond acceptors (Lipinski definition) is 5. The summed E-state index contributed by atoms with van der Waals surface area (Å²) in [4.78, 5) is 11.5. The molecule has 0 radical (unpaired) electrons. The summed E-state index contributed by atoms with van der Waals surface area (Å²) in [5.41, 5.74) is 3.10. The average Bonchev–Trinajstić information content (AvgIpc) is 2.67. The number of aromatic hydroxyl groups is 1. The number of nitrogens with zero attached hydrogens (tertiary/aromatic N) is 1. The minimum absolute atomic E-state index is 0.161. The third-order valence-electron chi connectivity index (χ3n) is 4.06. The monoisotopic (exact) mass is 518 g/mol. The summed E-state index contributed by atoms with van der Waals surface area (Å²) in [6, 6.07) is 16.1. The van der Waals surface area contributed by atoms with E-state index in [0.29, 0.717) is 31.7 Å². The Balaban J connectivity index is 1.92. The van der Waals surface area contributed by atoms with Crippen LogP contribution in [0.5, 0.6) is 17.2 Å². The first-order valence-electron chi connectivity index (χ1n) is 8.43. The van der Waals surface area contributed by atoms with Crippen LogP contribution in [0.3, 0.4) is 0 Å². The molecule has 0 spiro atoms. The standard InChI is InChI=1S/C21H16Br2N2O4/c1-12-4-2-3-5-15(12)16-10-14(6-7-19(16)26)29-21-17(22)8-13(9-18(21)23)25-20(27)11-24-28/h2-11,26,28H,1H3,(H,25,27)/b24-11+. The molecule has 3 aromatic carbocycles. The Morgan fingerprint density at radius 2 is 1.76 bits per heavy atom. The van der Waals surface area contributed by atoms with Crippen LogP contribution in [0.4, 0.5) is 5.69 Å². The highest BCUT2D eigenvalue weighted by atomic mass is 79.9. The van der Waals surface area contributed by atoms with E-state index in [4.69, 9.17) is 9.94 Å². The molecule has 0 saturated heterocycles. The van der Waals surface area contributed by atoms with Crippen molar-refractivity contribution in [3.63, 3.8) is 0 Å². The Kier molecular flexibility index (Phi) is 6.56. The number of carbonyl (C=O) groups is 1. The van der Waals surface area contributed by atoms with Crippen molar-refractivity contribution >= 4 is 49.7 Å². The van der Waals surface area contributed by atoms with Gasteiger partial charge in [0.05, 0.1) is 8.95 Å². The van der Waals surface area contributed by atoms with E-state index in [2.05, 4.69) is 42.3 Å². The first kappa shape index (κ1) is 20.9. The second kappa shape index (κ2) is 9.11. The minimum Gasteiger partial charge on any atom is -0.507 e. The van der Waals surface area contributed by atoms with E-state index in [1.54, 1.807) is 30.3 Å². The number of ether oxygens (including phenoxy) is 1. The molecule has 0 unspecified atom stereocenters. The number of aryl methyl sites for hydroxylation is 1. The lowest BCUT2D eigenvalue weighted by atomic mass is 9.99. The molecular formula is C21H16Br2N2O4. The van der Waals surface area contributed by atoms with E-state index in [0.717, 1.165) is 17.3 Å². The van der Waals surface area contributed by atoms with E-state index < -0.39 is 5.91 Å². The van der Waals surface area contributed by atoms with Crippen LogP contribution < -0.4 is 10.1 Å². The Hall–Kier alpha value is -2.84. The highest BCUT2D eigenvalue weighted by Crippen LogP contribution is 2.41. The summed E-state index contributed by atoms with van der Waals surface area (Å²) < 4.78 is 7.20. The summed E-state index contributed by atoms with van der Waals surface area (Å²) in [7, 11) is 0. The summed E-state index contributed by atoms with van der Waals surface area (Å²) in [6.45, 7) is 1.98. The average molecular weight is 520 g/mol. The number of carbonyl (C=O) groups excluding carboxylic acids is 1. The number of phenols is 1. The number of benzene rings is 3. The van der Waals surface area contributed by atoms with Gasteiger partial charge in [-0.1, -0.05) is 29.4 Å². The second-order valence-corrected chi connectivity index (χ2v) is 7.81. The van der Waals surface area contributed by atoms with Crippen molar-refractivity contribution in [3.8, 4) is 28.4 Å². The number of oxime groups is 1. The second-order valence-electron chi connectivity index (χ2n) is 6.10. The minimum atomic E-state index is -0.568. The zero-order valence-corrected chi connectivity index (χ0v) is 18.4. The fraction of sp³-hybridized carbons (Fsp3) is 0.0476. The summed E-state index contributed by atoms with van der Waals surface area (Å²) in [5, 5.41) is 24.0. The van der Waals surface area contributed by atoms with Crippen molar-refractivity contribution in [3.05, 3.63) is 69.1 Å². The fourth-order valence-corrected chi connectivity index (χ4v) is 4.09. The Morgan fingerprint density at radius 3 is 2.41 bits per heavy atom. The molecule has 3 aromatic rings. The molecule has 6 nitrogen and oxygen atoms in total. The third-order valence-corrected chi connectivity index (χ3v) is 5.24. The molecule has 0 aliphatic rings. The Morgan fingerprint density at radius 1 is 1.07 bits per heavy atom. The summed E-state index contributed by atoms with van der Waals surface area (Å²) >= 11 is 6.87. The number of amides is 1. The van der Waals surface area contributed by atoms with Crippen LogP contribution in [0.2, 0.25) is 0 Å². The van der Waals surface area contributed by atoms with Crippen LogP contribution in [0.1, 0.15) is 5.56 Å². The normalized spacial score (nSPS) is 10.9. The number of halogens is 2. The van der Waals surface area contributed by atoms with Crippen LogP contribution in [0.25, 0.3) is 11.1 Å². The Labute approximate surface area is 184 Å². The van der Waals surface area contributed by atoms with Gasteiger partial charge in [-0.15, -0.1) is 0 Å². The largest absolute Gasteiger partial charge is 0.507 e. The van der Waals surface area contributed by atoms with E-state index in [9.17, 15) is 9.90 Å². The zero-order valence-electron chi connectivity index (χ0n) is 15.2. The highest BCUT2D eigenvalue weighted by molar-refractivity contribution is 9.11. The van der Waals surface area contributed by atoms with Crippen molar-refractivity contribution < 1.29 is 19.8 Å². The molecule has 29 heavy (non-hydrogen) atoms. The highest BCUT2D eigenvalue weighted by Gasteiger charge is 2.14. The molecule has 0 atom stereocenters. The van der Waals surface area contributed by atoms with Gasteiger partial charge in [-0.25, -0.2) is 0 Å². The smallest absolute Gasteiger partial charge is 0.270 e. The van der Waals surface area contributed by atoms with Crippen LogP contribution >= 0.6 is 31.9 Å². The lowest BCUT2D eigenvalue weighted by molar-refractivity contribution is -0.110. The van der Waals surface area contributed by atoms with E-state index in [1.165, 1.54) is 0 Å².